The zero-order valence-electron chi connectivity index (χ0n) is 12.9. The maximum atomic E-state index is 12.8. The van der Waals surface area contributed by atoms with E-state index in [9.17, 15) is 4.79 Å². The van der Waals surface area contributed by atoms with E-state index >= 15 is 0 Å². The molecular formula is C18H20ClN3O. The summed E-state index contributed by atoms with van der Waals surface area (Å²) in [7, 11) is 0. The molecule has 2 aromatic rings. The summed E-state index contributed by atoms with van der Waals surface area (Å²) >= 11 is 6.18. The minimum atomic E-state index is -0.0639. The van der Waals surface area contributed by atoms with E-state index in [1.807, 2.05) is 35.2 Å². The van der Waals surface area contributed by atoms with Gasteiger partial charge in [0.25, 0.3) is 0 Å². The summed E-state index contributed by atoms with van der Waals surface area (Å²) in [4.78, 5) is 14.7. The molecule has 1 saturated carbocycles. The number of amides is 1. The molecule has 0 radical (unpaired) electrons. The lowest BCUT2D eigenvalue weighted by atomic mass is 10.00. The molecular weight excluding hydrogens is 310 g/mol. The summed E-state index contributed by atoms with van der Waals surface area (Å²) in [5.74, 6) is 0.161. The molecule has 0 spiro atoms. The van der Waals surface area contributed by atoms with Gasteiger partial charge in [-0.1, -0.05) is 23.7 Å². The van der Waals surface area contributed by atoms with Gasteiger partial charge in [0.05, 0.1) is 12.6 Å². The minimum absolute atomic E-state index is 0.0639. The molecule has 1 aliphatic heterocycles. The van der Waals surface area contributed by atoms with Crippen molar-refractivity contribution < 1.29 is 4.79 Å². The normalized spacial score (nSPS) is 20.4. The number of hydrogen-bond acceptors (Lipinski definition) is 2. The van der Waals surface area contributed by atoms with Gasteiger partial charge in [-0.15, -0.1) is 0 Å². The number of hydrogen-bond donors (Lipinski definition) is 1. The van der Waals surface area contributed by atoms with E-state index < -0.39 is 0 Å². The lowest BCUT2D eigenvalue weighted by molar-refractivity contribution is -0.133. The van der Waals surface area contributed by atoms with Crippen LogP contribution in [0.1, 0.15) is 30.1 Å². The van der Waals surface area contributed by atoms with Gasteiger partial charge >= 0.3 is 0 Å². The Balaban J connectivity index is 1.65. The van der Waals surface area contributed by atoms with E-state index in [1.165, 1.54) is 12.8 Å². The van der Waals surface area contributed by atoms with Crippen molar-refractivity contribution >= 4 is 17.5 Å². The van der Waals surface area contributed by atoms with Crippen LogP contribution in [0.3, 0.4) is 0 Å². The fourth-order valence-electron chi connectivity index (χ4n) is 3.30. The molecule has 5 heteroatoms. The first-order valence-corrected chi connectivity index (χ1v) is 8.53. The second kappa shape index (κ2) is 6.02. The molecule has 0 bridgehead atoms. The van der Waals surface area contributed by atoms with Crippen molar-refractivity contribution in [1.82, 2.24) is 14.8 Å². The third-order valence-electron chi connectivity index (χ3n) is 4.64. The molecule has 2 heterocycles. The number of benzene rings is 1. The molecule has 1 aliphatic carbocycles. The van der Waals surface area contributed by atoms with Gasteiger partial charge in [0.1, 0.15) is 0 Å². The first-order chi connectivity index (χ1) is 11.2. The standard InChI is InChI=1S/C18H20ClN3O/c19-14-4-1-3-13(11-14)18-16-5-2-8-21(16)9-10-22(18)17(23)12-20-15-6-7-15/h1-5,8,11,15,18,20H,6-7,9-10,12H2. The fraction of sp³-hybridized carbons (Fsp3) is 0.389. The zero-order chi connectivity index (χ0) is 15.8. The van der Waals surface area contributed by atoms with Gasteiger partial charge in [-0.25, -0.2) is 0 Å². The predicted molar refractivity (Wildman–Crippen MR) is 90.5 cm³/mol. The van der Waals surface area contributed by atoms with Crippen molar-refractivity contribution in [3.8, 4) is 0 Å². The summed E-state index contributed by atoms with van der Waals surface area (Å²) in [6.07, 6.45) is 4.46. The maximum Gasteiger partial charge on any atom is 0.237 e. The molecule has 1 fully saturated rings. The Labute approximate surface area is 141 Å². The van der Waals surface area contributed by atoms with Gasteiger partial charge < -0.3 is 14.8 Å². The van der Waals surface area contributed by atoms with Crippen LogP contribution in [0.2, 0.25) is 5.02 Å². The minimum Gasteiger partial charge on any atom is -0.348 e. The van der Waals surface area contributed by atoms with Crippen molar-refractivity contribution in [3.63, 3.8) is 0 Å². The van der Waals surface area contributed by atoms with Crippen LogP contribution in [0.5, 0.6) is 0 Å². The van der Waals surface area contributed by atoms with E-state index in [4.69, 9.17) is 11.6 Å². The van der Waals surface area contributed by atoms with Gasteiger partial charge in [0.15, 0.2) is 0 Å². The average molecular weight is 330 g/mol. The highest BCUT2D eigenvalue weighted by Gasteiger charge is 2.32. The number of carbonyl (C=O) groups excluding carboxylic acids is 1. The monoisotopic (exact) mass is 329 g/mol. The Morgan fingerprint density at radius 2 is 2.09 bits per heavy atom. The Bertz CT molecular complexity index is 723. The summed E-state index contributed by atoms with van der Waals surface area (Å²) in [5.41, 5.74) is 2.22. The molecule has 4 rings (SSSR count). The van der Waals surface area contributed by atoms with Gasteiger partial charge in [0, 0.05) is 36.0 Å². The Hall–Kier alpha value is -1.78. The molecule has 1 N–H and O–H groups in total. The summed E-state index contributed by atoms with van der Waals surface area (Å²) in [6, 6.07) is 12.4. The topological polar surface area (TPSA) is 37.3 Å². The SMILES string of the molecule is O=C(CNC1CC1)N1CCn2cccc2C1c1cccc(Cl)c1. The van der Waals surface area contributed by atoms with Crippen LogP contribution in [0, 0.1) is 0 Å². The number of aromatic nitrogens is 1. The zero-order valence-corrected chi connectivity index (χ0v) is 13.7. The first kappa shape index (κ1) is 14.8. The average Bonchev–Trinajstić information content (AvgIpc) is 3.26. The lowest BCUT2D eigenvalue weighted by Crippen LogP contribution is -2.46. The highest BCUT2D eigenvalue weighted by molar-refractivity contribution is 6.30. The highest BCUT2D eigenvalue weighted by atomic mass is 35.5. The van der Waals surface area contributed by atoms with E-state index in [1.54, 1.807) is 0 Å². The molecule has 0 saturated heterocycles. The second-order valence-electron chi connectivity index (χ2n) is 6.33. The largest absolute Gasteiger partial charge is 0.348 e. The molecule has 1 aromatic carbocycles. The quantitative estimate of drug-likeness (QED) is 0.936. The third-order valence-corrected chi connectivity index (χ3v) is 4.88. The smallest absolute Gasteiger partial charge is 0.237 e. The Morgan fingerprint density at radius 1 is 1.22 bits per heavy atom. The number of halogens is 1. The van der Waals surface area contributed by atoms with Crippen molar-refractivity contribution in [2.75, 3.05) is 13.1 Å². The highest BCUT2D eigenvalue weighted by Crippen LogP contribution is 2.33. The molecule has 4 nitrogen and oxygen atoms in total. The third kappa shape index (κ3) is 3.01. The molecule has 120 valence electrons. The van der Waals surface area contributed by atoms with Gasteiger partial charge in [-0.3, -0.25) is 4.79 Å². The van der Waals surface area contributed by atoms with Gasteiger partial charge in [0.2, 0.25) is 5.91 Å². The van der Waals surface area contributed by atoms with E-state index in [0.29, 0.717) is 17.6 Å². The molecule has 1 unspecified atom stereocenters. The Kier molecular flexibility index (Phi) is 3.87. The predicted octanol–water partition coefficient (Wildman–Crippen LogP) is 2.83. The molecule has 23 heavy (non-hydrogen) atoms. The van der Waals surface area contributed by atoms with Crippen molar-refractivity contribution in [2.45, 2.75) is 31.5 Å². The summed E-state index contributed by atoms with van der Waals surface area (Å²) in [6.45, 7) is 1.99. The molecule has 1 aromatic heterocycles. The van der Waals surface area contributed by atoms with Crippen LogP contribution in [-0.4, -0.2) is 34.5 Å². The Morgan fingerprint density at radius 3 is 2.87 bits per heavy atom. The number of fused-ring (bicyclic) bond motifs is 1. The molecule has 2 aliphatic rings. The van der Waals surface area contributed by atoms with Crippen LogP contribution < -0.4 is 5.32 Å². The summed E-state index contributed by atoms with van der Waals surface area (Å²) < 4.78 is 2.23. The van der Waals surface area contributed by atoms with Gasteiger partial charge in [-0.2, -0.15) is 0 Å². The van der Waals surface area contributed by atoms with Crippen LogP contribution in [0.25, 0.3) is 0 Å². The van der Waals surface area contributed by atoms with Crippen LogP contribution in [0.4, 0.5) is 0 Å². The number of carbonyl (C=O) groups is 1. The second-order valence-corrected chi connectivity index (χ2v) is 6.76. The number of rotatable bonds is 4. The lowest BCUT2D eigenvalue weighted by Gasteiger charge is -2.37. The van der Waals surface area contributed by atoms with Crippen LogP contribution in [0.15, 0.2) is 42.6 Å². The van der Waals surface area contributed by atoms with Crippen LogP contribution in [-0.2, 0) is 11.3 Å². The molecule has 1 amide bonds. The van der Waals surface area contributed by atoms with Crippen molar-refractivity contribution in [3.05, 3.63) is 58.9 Å². The van der Waals surface area contributed by atoms with Gasteiger partial charge in [-0.05, 0) is 42.7 Å². The van der Waals surface area contributed by atoms with Crippen molar-refractivity contribution in [1.29, 1.82) is 0 Å². The van der Waals surface area contributed by atoms with E-state index in [0.717, 1.165) is 24.3 Å². The number of nitrogens with one attached hydrogen (secondary N) is 1. The number of nitrogens with zero attached hydrogens (tertiary/aromatic N) is 2. The fourth-order valence-corrected chi connectivity index (χ4v) is 3.50. The van der Waals surface area contributed by atoms with Crippen LogP contribution >= 0.6 is 11.6 Å². The van der Waals surface area contributed by atoms with E-state index in [-0.39, 0.29) is 11.9 Å². The maximum absolute atomic E-state index is 12.8. The van der Waals surface area contributed by atoms with E-state index in [2.05, 4.69) is 22.1 Å². The first-order valence-electron chi connectivity index (χ1n) is 8.16. The van der Waals surface area contributed by atoms with Crippen molar-refractivity contribution in [2.24, 2.45) is 0 Å². The summed E-state index contributed by atoms with van der Waals surface area (Å²) in [5, 5.41) is 4.03. The molecule has 1 atom stereocenters.